The van der Waals surface area contributed by atoms with Gasteiger partial charge in [-0.05, 0) is 101 Å². The molecule has 0 aliphatic carbocycles. The zero-order valence-electron chi connectivity index (χ0n) is 31.0. The van der Waals surface area contributed by atoms with Crippen molar-refractivity contribution in [3.05, 3.63) is 213 Å². The molecule has 0 atom stereocenters. The van der Waals surface area contributed by atoms with Gasteiger partial charge in [-0.25, -0.2) is 0 Å². The summed E-state index contributed by atoms with van der Waals surface area (Å²) < 4.78 is 8.67. The lowest BCUT2D eigenvalue weighted by Crippen LogP contribution is -2.11. The number of para-hydroxylation sites is 2. The third-order valence-electron chi connectivity index (χ3n) is 11.1. The van der Waals surface area contributed by atoms with E-state index in [1.165, 1.54) is 32.9 Å². The highest BCUT2D eigenvalue weighted by molar-refractivity contribution is 6.09. The standard InChI is InChI=1S/C53H35N3O/c1-3-13-36(14-4-1)38-17-11-19-41(31-38)55(43-26-28-52-47(34-43)48-35-54-30-29-53(48)57-52)51-27-25-39(37-15-5-2-6-16-37)33-46(51)40-18-12-20-42(32-40)56-49-23-9-7-21-44(49)45-22-8-10-24-50(45)56/h1-35H. The molecule has 11 aromatic rings. The molecule has 0 radical (unpaired) electrons. The van der Waals surface area contributed by atoms with Crippen molar-refractivity contribution in [3.63, 3.8) is 0 Å². The number of pyridine rings is 1. The van der Waals surface area contributed by atoms with Gasteiger partial charge in [-0.2, -0.15) is 0 Å². The average molecular weight is 730 g/mol. The van der Waals surface area contributed by atoms with E-state index < -0.39 is 0 Å². The fraction of sp³-hybridized carbons (Fsp3) is 0. The van der Waals surface area contributed by atoms with Gasteiger partial charge in [0.15, 0.2) is 0 Å². The highest BCUT2D eigenvalue weighted by Crippen LogP contribution is 2.45. The van der Waals surface area contributed by atoms with Gasteiger partial charge < -0.3 is 13.9 Å². The second-order valence-electron chi connectivity index (χ2n) is 14.4. The predicted octanol–water partition coefficient (Wildman–Crippen LogP) is 14.5. The molecule has 0 aliphatic heterocycles. The first-order chi connectivity index (χ1) is 28.3. The Morgan fingerprint density at radius 3 is 1.77 bits per heavy atom. The first kappa shape index (κ1) is 32.7. The fourth-order valence-electron chi connectivity index (χ4n) is 8.42. The minimum absolute atomic E-state index is 0.824. The Balaban J connectivity index is 1.17. The van der Waals surface area contributed by atoms with Crippen LogP contribution >= 0.6 is 0 Å². The van der Waals surface area contributed by atoms with E-state index in [0.29, 0.717) is 0 Å². The van der Waals surface area contributed by atoms with Crippen LogP contribution in [0.5, 0.6) is 0 Å². The molecule has 0 saturated heterocycles. The summed E-state index contributed by atoms with van der Waals surface area (Å²) in [6.45, 7) is 0. The van der Waals surface area contributed by atoms with E-state index in [0.717, 1.165) is 66.9 Å². The van der Waals surface area contributed by atoms with E-state index in [1.54, 1.807) is 6.20 Å². The van der Waals surface area contributed by atoms with Crippen LogP contribution in [0.2, 0.25) is 0 Å². The minimum atomic E-state index is 0.824. The van der Waals surface area contributed by atoms with Crippen LogP contribution in [0.25, 0.3) is 82.8 Å². The van der Waals surface area contributed by atoms with Crippen molar-refractivity contribution in [3.8, 4) is 39.1 Å². The van der Waals surface area contributed by atoms with Gasteiger partial charge in [-0.1, -0.05) is 127 Å². The normalized spacial score (nSPS) is 11.5. The Bertz CT molecular complexity index is 3200. The van der Waals surface area contributed by atoms with Gasteiger partial charge in [0.1, 0.15) is 11.2 Å². The fourth-order valence-corrected chi connectivity index (χ4v) is 8.42. The van der Waals surface area contributed by atoms with E-state index in [1.807, 2.05) is 12.3 Å². The zero-order valence-corrected chi connectivity index (χ0v) is 31.0. The average Bonchev–Trinajstić information content (AvgIpc) is 3.83. The molecule has 8 aromatic carbocycles. The van der Waals surface area contributed by atoms with Crippen LogP contribution in [0.15, 0.2) is 217 Å². The molecular weight excluding hydrogens is 695 g/mol. The Kier molecular flexibility index (Phi) is 7.78. The van der Waals surface area contributed by atoms with E-state index in [4.69, 9.17) is 4.42 Å². The first-order valence-corrected chi connectivity index (χ1v) is 19.3. The number of rotatable bonds is 7. The Morgan fingerprint density at radius 2 is 1.02 bits per heavy atom. The maximum atomic E-state index is 6.28. The van der Waals surface area contributed by atoms with Crippen LogP contribution in [0.4, 0.5) is 17.1 Å². The molecular formula is C53H35N3O. The lowest BCUT2D eigenvalue weighted by atomic mass is 9.95. The van der Waals surface area contributed by atoms with Crippen molar-refractivity contribution < 1.29 is 4.42 Å². The molecule has 268 valence electrons. The van der Waals surface area contributed by atoms with Gasteiger partial charge in [0.05, 0.1) is 16.7 Å². The summed E-state index contributed by atoms with van der Waals surface area (Å²) >= 11 is 0. The minimum Gasteiger partial charge on any atom is -0.456 e. The van der Waals surface area contributed by atoms with Crippen LogP contribution in [0, 0.1) is 0 Å². The number of fused-ring (bicyclic) bond motifs is 6. The number of anilines is 3. The first-order valence-electron chi connectivity index (χ1n) is 19.3. The summed E-state index contributed by atoms with van der Waals surface area (Å²) in [5.41, 5.74) is 15.1. The number of aromatic nitrogens is 2. The summed E-state index contributed by atoms with van der Waals surface area (Å²) in [6, 6.07) is 71.7. The molecule has 11 rings (SSSR count). The number of hydrogen-bond acceptors (Lipinski definition) is 3. The van der Waals surface area contributed by atoms with Crippen LogP contribution < -0.4 is 4.90 Å². The molecule has 4 nitrogen and oxygen atoms in total. The molecule has 0 bridgehead atoms. The van der Waals surface area contributed by atoms with Crippen molar-refractivity contribution in [2.45, 2.75) is 0 Å². The van der Waals surface area contributed by atoms with Gasteiger partial charge in [-0.15, -0.1) is 0 Å². The van der Waals surface area contributed by atoms with Crippen LogP contribution in [-0.2, 0) is 0 Å². The van der Waals surface area contributed by atoms with Crippen molar-refractivity contribution >= 4 is 60.8 Å². The molecule has 0 N–H and O–H groups in total. The van der Waals surface area contributed by atoms with Gasteiger partial charge in [0.2, 0.25) is 0 Å². The Morgan fingerprint density at radius 1 is 0.404 bits per heavy atom. The Hall–Kier alpha value is -7.69. The van der Waals surface area contributed by atoms with E-state index in [-0.39, 0.29) is 0 Å². The topological polar surface area (TPSA) is 34.2 Å². The van der Waals surface area contributed by atoms with Crippen LogP contribution in [-0.4, -0.2) is 9.55 Å². The monoisotopic (exact) mass is 729 g/mol. The van der Waals surface area contributed by atoms with Crippen molar-refractivity contribution in [1.82, 2.24) is 9.55 Å². The maximum Gasteiger partial charge on any atom is 0.138 e. The lowest BCUT2D eigenvalue weighted by Gasteiger charge is -2.29. The number of furan rings is 1. The molecule has 0 aliphatic rings. The van der Waals surface area contributed by atoms with E-state index in [9.17, 15) is 0 Å². The lowest BCUT2D eigenvalue weighted by molar-refractivity contribution is 0.668. The number of hydrogen-bond donors (Lipinski definition) is 0. The zero-order chi connectivity index (χ0) is 37.7. The summed E-state index contributed by atoms with van der Waals surface area (Å²) in [7, 11) is 0. The van der Waals surface area contributed by atoms with Gasteiger partial charge in [0, 0.05) is 56.6 Å². The molecule has 3 aromatic heterocycles. The third kappa shape index (κ3) is 5.66. The Labute approximate surface area is 330 Å². The highest BCUT2D eigenvalue weighted by Gasteiger charge is 2.21. The molecule has 0 amide bonds. The van der Waals surface area contributed by atoms with Gasteiger partial charge in [-0.3, -0.25) is 4.98 Å². The number of nitrogens with zero attached hydrogens (tertiary/aromatic N) is 3. The molecule has 0 fully saturated rings. The predicted molar refractivity (Wildman–Crippen MR) is 237 cm³/mol. The van der Waals surface area contributed by atoms with Gasteiger partial charge in [0.25, 0.3) is 0 Å². The summed E-state index contributed by atoms with van der Waals surface area (Å²) in [6.07, 6.45) is 3.67. The molecule has 0 unspecified atom stereocenters. The van der Waals surface area contributed by atoms with Gasteiger partial charge >= 0.3 is 0 Å². The smallest absolute Gasteiger partial charge is 0.138 e. The second-order valence-corrected chi connectivity index (χ2v) is 14.4. The quantitative estimate of drug-likeness (QED) is 0.164. The SMILES string of the molecule is c1ccc(-c2cccc(N(c3ccc4oc5ccncc5c4c3)c3ccc(-c4ccccc4)cc3-c3cccc(-n4c5ccccc5c5ccccc54)c3)c2)cc1. The van der Waals surface area contributed by atoms with Crippen molar-refractivity contribution in [2.75, 3.05) is 4.90 Å². The summed E-state index contributed by atoms with van der Waals surface area (Å²) in [4.78, 5) is 6.84. The van der Waals surface area contributed by atoms with E-state index >= 15 is 0 Å². The summed E-state index contributed by atoms with van der Waals surface area (Å²) in [5.74, 6) is 0. The number of benzene rings is 8. The largest absolute Gasteiger partial charge is 0.456 e. The molecule has 57 heavy (non-hydrogen) atoms. The maximum absolute atomic E-state index is 6.28. The van der Waals surface area contributed by atoms with Crippen LogP contribution in [0.3, 0.4) is 0 Å². The van der Waals surface area contributed by atoms with Crippen molar-refractivity contribution in [1.29, 1.82) is 0 Å². The summed E-state index contributed by atoms with van der Waals surface area (Å²) in [5, 5.41) is 4.50. The third-order valence-corrected chi connectivity index (χ3v) is 11.1. The molecule has 0 saturated carbocycles. The molecule has 4 heteroatoms. The van der Waals surface area contributed by atoms with E-state index in [2.05, 4.69) is 209 Å². The van der Waals surface area contributed by atoms with Crippen LogP contribution in [0.1, 0.15) is 0 Å². The molecule has 3 heterocycles. The molecule has 0 spiro atoms. The second kappa shape index (κ2) is 13.6. The highest BCUT2D eigenvalue weighted by atomic mass is 16.3. The van der Waals surface area contributed by atoms with Crippen molar-refractivity contribution in [2.24, 2.45) is 0 Å².